The molecule has 0 saturated carbocycles. The van der Waals surface area contributed by atoms with Crippen molar-refractivity contribution in [2.45, 2.75) is 6.92 Å². The Kier molecular flexibility index (Phi) is 5.00. The molecule has 0 amide bonds. The molecule has 0 radical (unpaired) electrons. The van der Waals surface area contributed by atoms with Crippen molar-refractivity contribution in [1.29, 1.82) is 0 Å². The summed E-state index contributed by atoms with van der Waals surface area (Å²) >= 11 is 0. The van der Waals surface area contributed by atoms with Crippen LogP contribution in [0.1, 0.15) is 5.69 Å². The Morgan fingerprint density at radius 2 is 1.41 bits per heavy atom. The number of hydrogen-bond acceptors (Lipinski definition) is 2. The minimum absolute atomic E-state index is 0.133. The molecule has 0 aliphatic heterocycles. The average Bonchev–Trinajstić information content (AvgIpc) is 3.39. The third-order valence-corrected chi connectivity index (χ3v) is 5.68. The van der Waals surface area contributed by atoms with Crippen molar-refractivity contribution in [3.8, 4) is 45.1 Å². The van der Waals surface area contributed by atoms with E-state index in [0.29, 0.717) is 5.56 Å². The maximum Gasteiger partial charge on any atom is 0.272 e. The first-order valence-electron chi connectivity index (χ1n) is 10.5. The Labute approximate surface area is 185 Å². The van der Waals surface area contributed by atoms with Gasteiger partial charge in [-0.05, 0) is 48.4 Å². The number of H-pyrrole nitrogens is 2. The summed E-state index contributed by atoms with van der Waals surface area (Å²) in [6.07, 6.45) is 0. The van der Waals surface area contributed by atoms with E-state index in [2.05, 4.69) is 45.1 Å². The highest BCUT2D eigenvalue weighted by Gasteiger charge is 2.23. The second kappa shape index (κ2) is 8.12. The van der Waals surface area contributed by atoms with Crippen molar-refractivity contribution in [2.24, 2.45) is 0 Å². The second-order valence-electron chi connectivity index (χ2n) is 7.64. The highest BCUT2D eigenvalue weighted by Crippen LogP contribution is 2.41. The first-order valence-corrected chi connectivity index (χ1v) is 10.5. The lowest BCUT2D eigenvalue weighted by Crippen LogP contribution is -2.04. The fraction of sp³-hybridized carbons (Fsp3) is 0.0741. The van der Waals surface area contributed by atoms with Crippen LogP contribution in [0.5, 0.6) is 5.75 Å². The van der Waals surface area contributed by atoms with Crippen molar-refractivity contribution in [3.05, 3.63) is 107 Å². The van der Waals surface area contributed by atoms with Crippen LogP contribution in [0.4, 0.5) is 0 Å². The fourth-order valence-corrected chi connectivity index (χ4v) is 4.17. The van der Waals surface area contributed by atoms with E-state index >= 15 is 0 Å². The van der Waals surface area contributed by atoms with Crippen molar-refractivity contribution >= 4 is 0 Å². The monoisotopic (exact) mass is 421 g/mol. The smallest absolute Gasteiger partial charge is 0.272 e. The molecule has 2 heterocycles. The SMILES string of the molecule is COc1ccc(-n2c(-c3ccccc3)cc(-c3c(C)[nH][nH]c3=O)c2-c2ccccc2)cc1. The molecule has 0 saturated heterocycles. The number of methoxy groups -OCH3 is 1. The molecule has 158 valence electrons. The molecular weight excluding hydrogens is 398 g/mol. The molecule has 32 heavy (non-hydrogen) atoms. The summed E-state index contributed by atoms with van der Waals surface area (Å²) in [5, 5.41) is 5.71. The van der Waals surface area contributed by atoms with Gasteiger partial charge in [-0.25, -0.2) is 0 Å². The third kappa shape index (κ3) is 3.34. The normalized spacial score (nSPS) is 10.9. The van der Waals surface area contributed by atoms with Gasteiger partial charge in [0.05, 0.1) is 24.1 Å². The molecule has 3 aromatic carbocycles. The third-order valence-electron chi connectivity index (χ3n) is 5.68. The molecule has 2 aromatic heterocycles. The van der Waals surface area contributed by atoms with E-state index in [1.54, 1.807) is 7.11 Å². The highest BCUT2D eigenvalue weighted by molar-refractivity contribution is 5.89. The van der Waals surface area contributed by atoms with E-state index in [-0.39, 0.29) is 5.56 Å². The van der Waals surface area contributed by atoms with Crippen LogP contribution >= 0.6 is 0 Å². The van der Waals surface area contributed by atoms with Crippen LogP contribution in [0, 0.1) is 6.92 Å². The molecule has 0 unspecified atom stereocenters. The second-order valence-corrected chi connectivity index (χ2v) is 7.64. The fourth-order valence-electron chi connectivity index (χ4n) is 4.17. The maximum atomic E-state index is 12.8. The minimum atomic E-state index is -0.133. The number of nitrogens with zero attached hydrogens (tertiary/aromatic N) is 1. The summed E-state index contributed by atoms with van der Waals surface area (Å²) in [5.41, 5.74) is 7.24. The van der Waals surface area contributed by atoms with Gasteiger partial charge in [0.1, 0.15) is 5.75 Å². The van der Waals surface area contributed by atoms with Gasteiger partial charge in [0, 0.05) is 16.9 Å². The molecule has 5 aromatic rings. The summed E-state index contributed by atoms with van der Waals surface area (Å²) in [5.74, 6) is 0.793. The van der Waals surface area contributed by atoms with Crippen molar-refractivity contribution in [3.63, 3.8) is 0 Å². The standard InChI is InChI=1S/C27H23N3O2/c1-18-25(27(31)29-28-18)23-17-24(19-9-5-3-6-10-19)30(21-13-15-22(32-2)16-14-21)26(23)20-11-7-4-8-12-20/h3-17H,1-2H3,(H2,28,29,31). The van der Waals surface area contributed by atoms with Crippen molar-refractivity contribution in [2.75, 3.05) is 7.11 Å². The summed E-state index contributed by atoms with van der Waals surface area (Å²) in [7, 11) is 1.66. The van der Waals surface area contributed by atoms with Gasteiger partial charge in [0.2, 0.25) is 0 Å². The topological polar surface area (TPSA) is 62.8 Å². The van der Waals surface area contributed by atoms with Gasteiger partial charge in [-0.15, -0.1) is 0 Å². The predicted octanol–water partition coefficient (Wildman–Crippen LogP) is 5.81. The van der Waals surface area contributed by atoms with Crippen LogP contribution in [0.2, 0.25) is 0 Å². The zero-order chi connectivity index (χ0) is 22.1. The lowest BCUT2D eigenvalue weighted by molar-refractivity contribution is 0.415. The highest BCUT2D eigenvalue weighted by atomic mass is 16.5. The number of nitrogens with one attached hydrogen (secondary N) is 2. The molecule has 0 bridgehead atoms. The summed E-state index contributed by atoms with van der Waals surface area (Å²) < 4.78 is 7.59. The van der Waals surface area contributed by atoms with Crippen molar-refractivity contribution < 1.29 is 4.74 Å². The molecule has 5 nitrogen and oxygen atoms in total. The van der Waals surface area contributed by atoms with Crippen LogP contribution in [0.25, 0.3) is 39.3 Å². The van der Waals surface area contributed by atoms with E-state index in [0.717, 1.165) is 45.2 Å². The van der Waals surface area contributed by atoms with Gasteiger partial charge in [-0.2, -0.15) is 0 Å². The Balaban J connectivity index is 1.90. The number of ether oxygens (including phenoxy) is 1. The van der Waals surface area contributed by atoms with Crippen LogP contribution < -0.4 is 10.3 Å². The predicted molar refractivity (Wildman–Crippen MR) is 128 cm³/mol. The van der Waals surface area contributed by atoms with Gasteiger partial charge in [-0.1, -0.05) is 60.7 Å². The molecular formula is C27H23N3O2. The lowest BCUT2D eigenvalue weighted by atomic mass is 10.0. The lowest BCUT2D eigenvalue weighted by Gasteiger charge is -2.16. The zero-order valence-electron chi connectivity index (χ0n) is 17.9. The van der Waals surface area contributed by atoms with Crippen molar-refractivity contribution in [1.82, 2.24) is 14.8 Å². The van der Waals surface area contributed by atoms with E-state index < -0.39 is 0 Å². The van der Waals surface area contributed by atoms with Gasteiger partial charge in [0.15, 0.2) is 0 Å². The Morgan fingerprint density at radius 1 is 0.781 bits per heavy atom. The number of rotatable bonds is 5. The molecule has 0 spiro atoms. The molecule has 0 aliphatic rings. The summed E-state index contributed by atoms with van der Waals surface area (Å²) in [6.45, 7) is 1.91. The van der Waals surface area contributed by atoms with Crippen LogP contribution in [0.15, 0.2) is 95.8 Å². The summed E-state index contributed by atoms with van der Waals surface area (Å²) in [6, 6.07) is 30.5. The molecule has 0 atom stereocenters. The Hall–Kier alpha value is -4.25. The van der Waals surface area contributed by atoms with Gasteiger partial charge in [0.25, 0.3) is 5.56 Å². The molecule has 0 fully saturated rings. The Morgan fingerprint density at radius 3 is 1.97 bits per heavy atom. The molecule has 0 aliphatic carbocycles. The van der Waals surface area contributed by atoms with Gasteiger partial charge < -0.3 is 14.4 Å². The van der Waals surface area contributed by atoms with Gasteiger partial charge in [-0.3, -0.25) is 9.89 Å². The van der Waals surface area contributed by atoms with Gasteiger partial charge >= 0.3 is 0 Å². The van der Waals surface area contributed by atoms with E-state index in [1.165, 1.54) is 0 Å². The number of hydrogen-bond donors (Lipinski definition) is 2. The van der Waals surface area contributed by atoms with Crippen LogP contribution in [-0.2, 0) is 0 Å². The zero-order valence-corrected chi connectivity index (χ0v) is 17.9. The number of benzene rings is 3. The van der Waals surface area contributed by atoms with Crippen LogP contribution in [-0.4, -0.2) is 21.9 Å². The molecule has 5 heteroatoms. The number of aryl methyl sites for hydroxylation is 1. The molecule has 2 N–H and O–H groups in total. The number of aromatic nitrogens is 3. The summed E-state index contributed by atoms with van der Waals surface area (Å²) in [4.78, 5) is 12.8. The first-order chi connectivity index (χ1) is 15.7. The maximum absolute atomic E-state index is 12.8. The van der Waals surface area contributed by atoms with E-state index in [9.17, 15) is 4.79 Å². The minimum Gasteiger partial charge on any atom is -0.497 e. The first kappa shape index (κ1) is 19.7. The largest absolute Gasteiger partial charge is 0.497 e. The van der Waals surface area contributed by atoms with E-state index in [4.69, 9.17) is 4.74 Å². The quantitative estimate of drug-likeness (QED) is 0.376. The average molecular weight is 422 g/mol. The van der Waals surface area contributed by atoms with Crippen LogP contribution in [0.3, 0.4) is 0 Å². The Bertz CT molecular complexity index is 1410. The van der Waals surface area contributed by atoms with E-state index in [1.807, 2.05) is 67.6 Å². The molecule has 5 rings (SSSR count). The number of aromatic amines is 2.